The van der Waals surface area contributed by atoms with E-state index in [1.807, 2.05) is 4.90 Å². The molecule has 1 amide bonds. The van der Waals surface area contributed by atoms with Gasteiger partial charge in [0, 0.05) is 32.2 Å². The number of nitrogens with one attached hydrogen (secondary N) is 1. The monoisotopic (exact) mass is 225 g/mol. The van der Waals surface area contributed by atoms with Crippen LogP contribution in [0.3, 0.4) is 0 Å². The van der Waals surface area contributed by atoms with Crippen LogP contribution in [0.1, 0.15) is 26.7 Å². The van der Waals surface area contributed by atoms with Gasteiger partial charge in [-0.15, -0.1) is 0 Å². The van der Waals surface area contributed by atoms with Crippen LogP contribution in [0.4, 0.5) is 0 Å². The quantitative estimate of drug-likeness (QED) is 0.734. The van der Waals surface area contributed by atoms with E-state index in [1.54, 1.807) is 0 Å². The minimum Gasteiger partial charge on any atom is -0.339 e. The summed E-state index contributed by atoms with van der Waals surface area (Å²) in [4.78, 5) is 16.6. The lowest BCUT2D eigenvalue weighted by atomic mass is 10.2. The zero-order valence-corrected chi connectivity index (χ0v) is 10.4. The Morgan fingerprint density at radius 2 is 2.00 bits per heavy atom. The second-order valence-electron chi connectivity index (χ2n) is 4.98. The summed E-state index contributed by atoms with van der Waals surface area (Å²) in [6.07, 6.45) is 2.47. The molecule has 2 heterocycles. The van der Waals surface area contributed by atoms with Crippen LogP contribution >= 0.6 is 0 Å². The molecule has 2 unspecified atom stereocenters. The minimum absolute atomic E-state index is 0.0654. The first-order valence-corrected chi connectivity index (χ1v) is 6.45. The van der Waals surface area contributed by atoms with Crippen molar-refractivity contribution in [1.82, 2.24) is 15.1 Å². The number of rotatable bonds is 2. The van der Waals surface area contributed by atoms with Crippen LogP contribution in [-0.4, -0.2) is 60.5 Å². The average molecular weight is 225 g/mol. The first-order chi connectivity index (χ1) is 7.70. The maximum atomic E-state index is 12.3. The largest absolute Gasteiger partial charge is 0.339 e. The summed E-state index contributed by atoms with van der Waals surface area (Å²) in [6, 6.07) is 0.637. The lowest BCUT2D eigenvalue weighted by Crippen LogP contribution is -2.53. The fourth-order valence-corrected chi connectivity index (χ4v) is 2.82. The minimum atomic E-state index is 0.0654. The molecule has 2 saturated heterocycles. The topological polar surface area (TPSA) is 35.6 Å². The Bertz CT molecular complexity index is 251. The van der Waals surface area contributed by atoms with E-state index < -0.39 is 0 Å². The molecule has 2 aliphatic heterocycles. The Morgan fingerprint density at radius 3 is 2.56 bits per heavy atom. The molecule has 2 rings (SSSR count). The van der Waals surface area contributed by atoms with Crippen molar-refractivity contribution in [3.8, 4) is 0 Å². The molecular weight excluding hydrogens is 202 g/mol. The molecule has 4 heteroatoms. The lowest BCUT2D eigenvalue weighted by Gasteiger charge is -2.34. The molecule has 2 aliphatic rings. The van der Waals surface area contributed by atoms with Gasteiger partial charge in [-0.25, -0.2) is 0 Å². The molecule has 2 atom stereocenters. The summed E-state index contributed by atoms with van der Waals surface area (Å²) >= 11 is 0. The van der Waals surface area contributed by atoms with Crippen LogP contribution in [-0.2, 0) is 4.79 Å². The highest BCUT2D eigenvalue weighted by atomic mass is 16.2. The molecule has 0 aromatic rings. The molecule has 0 spiro atoms. The van der Waals surface area contributed by atoms with Crippen molar-refractivity contribution < 1.29 is 4.79 Å². The Hall–Kier alpha value is -0.610. The zero-order chi connectivity index (χ0) is 11.5. The normalized spacial score (nSPS) is 29.4. The molecule has 0 aliphatic carbocycles. The van der Waals surface area contributed by atoms with E-state index in [0.717, 1.165) is 32.7 Å². The van der Waals surface area contributed by atoms with Crippen molar-refractivity contribution in [2.75, 3.05) is 32.7 Å². The van der Waals surface area contributed by atoms with Gasteiger partial charge >= 0.3 is 0 Å². The predicted octanol–water partition coefficient (Wildman–Crippen LogP) is 0.291. The van der Waals surface area contributed by atoms with Crippen LogP contribution in [0.15, 0.2) is 0 Å². The third-order valence-corrected chi connectivity index (χ3v) is 3.89. The van der Waals surface area contributed by atoms with Gasteiger partial charge in [-0.05, 0) is 33.2 Å². The first-order valence-electron chi connectivity index (χ1n) is 6.45. The van der Waals surface area contributed by atoms with Gasteiger partial charge < -0.3 is 10.2 Å². The number of hydrogen-bond acceptors (Lipinski definition) is 3. The van der Waals surface area contributed by atoms with Gasteiger partial charge in [-0.1, -0.05) is 0 Å². The molecule has 0 bridgehead atoms. The van der Waals surface area contributed by atoms with E-state index in [-0.39, 0.29) is 6.04 Å². The standard InChI is InChI=1S/C12H23N3O/c1-10-4-3-7-15(10)11(2)12(16)14-8-5-13-6-9-14/h10-11,13H,3-9H2,1-2H3. The van der Waals surface area contributed by atoms with E-state index in [1.165, 1.54) is 12.8 Å². The Morgan fingerprint density at radius 1 is 1.31 bits per heavy atom. The number of hydrogen-bond donors (Lipinski definition) is 1. The van der Waals surface area contributed by atoms with Gasteiger partial charge in [-0.2, -0.15) is 0 Å². The second-order valence-corrected chi connectivity index (χ2v) is 4.98. The van der Waals surface area contributed by atoms with Crippen LogP contribution < -0.4 is 5.32 Å². The van der Waals surface area contributed by atoms with Crippen LogP contribution in [0.25, 0.3) is 0 Å². The highest BCUT2D eigenvalue weighted by Gasteiger charge is 2.31. The summed E-state index contributed by atoms with van der Waals surface area (Å²) < 4.78 is 0. The van der Waals surface area contributed by atoms with Crippen LogP contribution in [0.5, 0.6) is 0 Å². The van der Waals surface area contributed by atoms with Gasteiger partial charge in [-0.3, -0.25) is 9.69 Å². The number of nitrogens with zero attached hydrogens (tertiary/aromatic N) is 2. The fourth-order valence-electron chi connectivity index (χ4n) is 2.82. The predicted molar refractivity (Wildman–Crippen MR) is 64.3 cm³/mol. The smallest absolute Gasteiger partial charge is 0.239 e. The van der Waals surface area contributed by atoms with Gasteiger partial charge in [0.25, 0.3) is 0 Å². The van der Waals surface area contributed by atoms with Crippen molar-refractivity contribution in [1.29, 1.82) is 0 Å². The maximum Gasteiger partial charge on any atom is 0.239 e. The van der Waals surface area contributed by atoms with Crippen molar-refractivity contribution in [3.63, 3.8) is 0 Å². The fraction of sp³-hybridized carbons (Fsp3) is 0.917. The highest BCUT2D eigenvalue weighted by molar-refractivity contribution is 5.81. The molecule has 1 N–H and O–H groups in total. The Labute approximate surface area is 98.0 Å². The number of carbonyl (C=O) groups is 1. The molecular formula is C12H23N3O. The maximum absolute atomic E-state index is 12.3. The zero-order valence-electron chi connectivity index (χ0n) is 10.4. The van der Waals surface area contributed by atoms with Gasteiger partial charge in [0.1, 0.15) is 0 Å². The molecule has 0 aromatic carbocycles. The molecule has 92 valence electrons. The molecule has 0 aromatic heterocycles. The third-order valence-electron chi connectivity index (χ3n) is 3.89. The summed E-state index contributed by atoms with van der Waals surface area (Å²) in [5.41, 5.74) is 0. The SMILES string of the molecule is CC1CCCN1C(C)C(=O)N1CCNCC1. The number of amides is 1. The van der Waals surface area contributed by atoms with Crippen LogP contribution in [0, 0.1) is 0 Å². The van der Waals surface area contributed by atoms with Crippen molar-refractivity contribution >= 4 is 5.91 Å². The van der Waals surface area contributed by atoms with Crippen molar-refractivity contribution in [2.24, 2.45) is 0 Å². The summed E-state index contributed by atoms with van der Waals surface area (Å²) in [5.74, 6) is 0.315. The van der Waals surface area contributed by atoms with E-state index in [4.69, 9.17) is 0 Å². The molecule has 2 fully saturated rings. The Kier molecular flexibility index (Phi) is 3.82. The van der Waals surface area contributed by atoms with Crippen LogP contribution in [0.2, 0.25) is 0 Å². The van der Waals surface area contributed by atoms with Gasteiger partial charge in [0.15, 0.2) is 0 Å². The first kappa shape index (κ1) is 11.9. The number of likely N-dealkylation sites (tertiary alicyclic amines) is 1. The highest BCUT2D eigenvalue weighted by Crippen LogP contribution is 2.20. The van der Waals surface area contributed by atoms with Crippen molar-refractivity contribution in [2.45, 2.75) is 38.8 Å². The number of carbonyl (C=O) groups excluding carboxylic acids is 1. The third kappa shape index (κ3) is 2.38. The lowest BCUT2D eigenvalue weighted by molar-refractivity contribution is -0.137. The van der Waals surface area contributed by atoms with E-state index >= 15 is 0 Å². The molecule has 0 radical (unpaired) electrons. The van der Waals surface area contributed by atoms with Gasteiger partial charge in [0.2, 0.25) is 5.91 Å². The molecule has 0 saturated carbocycles. The number of piperazine rings is 1. The Balaban J connectivity index is 1.92. The summed E-state index contributed by atoms with van der Waals surface area (Å²) in [7, 11) is 0. The van der Waals surface area contributed by atoms with Crippen molar-refractivity contribution in [3.05, 3.63) is 0 Å². The summed E-state index contributed by atoms with van der Waals surface area (Å²) in [5, 5.41) is 3.28. The second kappa shape index (κ2) is 5.15. The van der Waals surface area contributed by atoms with E-state index in [9.17, 15) is 4.79 Å². The van der Waals surface area contributed by atoms with E-state index in [2.05, 4.69) is 24.1 Å². The van der Waals surface area contributed by atoms with E-state index in [0.29, 0.717) is 11.9 Å². The average Bonchev–Trinajstić information content (AvgIpc) is 2.75. The molecule has 16 heavy (non-hydrogen) atoms. The van der Waals surface area contributed by atoms with Gasteiger partial charge in [0.05, 0.1) is 6.04 Å². The molecule has 4 nitrogen and oxygen atoms in total. The summed E-state index contributed by atoms with van der Waals surface area (Å²) in [6.45, 7) is 8.99.